The normalized spacial score (nSPS) is 23.0. The predicted molar refractivity (Wildman–Crippen MR) is 107 cm³/mol. The zero-order valence-electron chi connectivity index (χ0n) is 15.0. The maximum absolute atomic E-state index is 11.9. The van der Waals surface area contributed by atoms with Gasteiger partial charge >= 0.3 is 0 Å². The molecule has 0 fully saturated rings. The highest BCUT2D eigenvalue weighted by atomic mass is 79.9. The first-order valence-electron chi connectivity index (χ1n) is 9.16. The summed E-state index contributed by atoms with van der Waals surface area (Å²) in [6, 6.07) is 15.9. The number of ether oxygens (including phenoxy) is 1. The fraction of sp³-hybridized carbons (Fsp3) is 0.381. The van der Waals surface area contributed by atoms with Gasteiger partial charge in [-0.1, -0.05) is 40.2 Å². The van der Waals surface area contributed by atoms with E-state index >= 15 is 0 Å². The number of nitrogens with zero attached hydrogens (tertiary/aromatic N) is 2. The van der Waals surface area contributed by atoms with E-state index in [9.17, 15) is 5.11 Å². The van der Waals surface area contributed by atoms with Crippen molar-refractivity contribution in [3.63, 3.8) is 0 Å². The van der Waals surface area contributed by atoms with Crippen molar-refractivity contribution >= 4 is 27.5 Å². The van der Waals surface area contributed by atoms with Crippen LogP contribution in [0.2, 0.25) is 0 Å². The van der Waals surface area contributed by atoms with Crippen molar-refractivity contribution in [2.45, 2.75) is 31.4 Å². The van der Waals surface area contributed by atoms with Crippen LogP contribution in [0.4, 0.5) is 5.69 Å². The summed E-state index contributed by atoms with van der Waals surface area (Å²) < 4.78 is 8.98. The van der Waals surface area contributed by atoms with Crippen molar-refractivity contribution in [1.82, 2.24) is 0 Å². The van der Waals surface area contributed by atoms with Gasteiger partial charge in [0.2, 0.25) is 0 Å². The van der Waals surface area contributed by atoms with E-state index in [0.717, 1.165) is 40.9 Å². The smallest absolute Gasteiger partial charge is 0.275 e. The van der Waals surface area contributed by atoms with Crippen molar-refractivity contribution in [2.75, 3.05) is 25.1 Å². The molecular weight excluding hydrogens is 392 g/mol. The van der Waals surface area contributed by atoms with E-state index in [2.05, 4.69) is 25.4 Å². The second-order valence-electron chi connectivity index (χ2n) is 6.98. The van der Waals surface area contributed by atoms with Crippen LogP contribution in [0.5, 0.6) is 5.75 Å². The first kappa shape index (κ1) is 17.6. The Labute approximate surface area is 162 Å². The molecule has 2 aromatic carbocycles. The minimum atomic E-state index is -1.11. The third-order valence-corrected chi connectivity index (χ3v) is 5.89. The monoisotopic (exact) mass is 415 g/mol. The van der Waals surface area contributed by atoms with Gasteiger partial charge in [-0.15, -0.1) is 0 Å². The molecule has 0 aliphatic carbocycles. The molecule has 0 radical (unpaired) electrons. The Bertz CT molecular complexity index is 834. The van der Waals surface area contributed by atoms with Crippen LogP contribution < -0.4 is 9.64 Å². The molecule has 2 aromatic rings. The van der Waals surface area contributed by atoms with Gasteiger partial charge in [0.15, 0.2) is 18.0 Å². The summed E-state index contributed by atoms with van der Waals surface area (Å²) in [5.41, 5.74) is 0.703. The Morgan fingerprint density at radius 2 is 1.85 bits per heavy atom. The SMILES string of the molecule is COc1ccccc1N1C2=[N+](CCCCC2)C[C@]1(O)c1ccc(Br)cc1. The third kappa shape index (κ3) is 2.93. The highest BCUT2D eigenvalue weighted by Crippen LogP contribution is 2.41. The molecule has 136 valence electrons. The Hall–Kier alpha value is -1.85. The molecule has 0 aromatic heterocycles. The van der Waals surface area contributed by atoms with Gasteiger partial charge in [0.25, 0.3) is 11.6 Å². The van der Waals surface area contributed by atoms with Gasteiger partial charge in [0.05, 0.1) is 13.7 Å². The van der Waals surface area contributed by atoms with Crippen LogP contribution in [0.25, 0.3) is 0 Å². The summed E-state index contributed by atoms with van der Waals surface area (Å²) >= 11 is 3.50. The topological polar surface area (TPSA) is 35.7 Å². The summed E-state index contributed by atoms with van der Waals surface area (Å²) in [6.45, 7) is 1.56. The zero-order chi connectivity index (χ0) is 18.1. The average molecular weight is 416 g/mol. The van der Waals surface area contributed by atoms with E-state index < -0.39 is 5.72 Å². The second-order valence-corrected chi connectivity index (χ2v) is 7.89. The van der Waals surface area contributed by atoms with Crippen LogP contribution in [0.3, 0.4) is 0 Å². The summed E-state index contributed by atoms with van der Waals surface area (Å²) in [5.74, 6) is 1.97. The van der Waals surface area contributed by atoms with Crippen molar-refractivity contribution < 1.29 is 14.4 Å². The molecule has 0 unspecified atom stereocenters. The lowest BCUT2D eigenvalue weighted by molar-refractivity contribution is -0.534. The van der Waals surface area contributed by atoms with Crippen LogP contribution >= 0.6 is 15.9 Å². The molecule has 1 atom stereocenters. The lowest BCUT2D eigenvalue weighted by Crippen LogP contribution is -2.47. The number of hydrogen-bond donors (Lipinski definition) is 1. The van der Waals surface area contributed by atoms with Crippen molar-refractivity contribution in [2.24, 2.45) is 0 Å². The summed E-state index contributed by atoms with van der Waals surface area (Å²) in [4.78, 5) is 2.10. The highest BCUT2D eigenvalue weighted by Gasteiger charge is 2.54. The largest absolute Gasteiger partial charge is 0.492 e. The van der Waals surface area contributed by atoms with Crippen molar-refractivity contribution in [3.8, 4) is 5.75 Å². The number of para-hydroxylation sites is 2. The van der Waals surface area contributed by atoms with Gasteiger partial charge < -0.3 is 9.84 Å². The fourth-order valence-corrected chi connectivity index (χ4v) is 4.38. The van der Waals surface area contributed by atoms with Gasteiger partial charge in [-0.05, 0) is 43.5 Å². The molecule has 5 heteroatoms. The summed E-state index contributed by atoms with van der Waals surface area (Å²) in [6.07, 6.45) is 4.51. The molecule has 0 amide bonds. The van der Waals surface area contributed by atoms with E-state index in [1.807, 2.05) is 48.5 Å². The average Bonchev–Trinajstić information content (AvgIpc) is 2.79. The predicted octanol–water partition coefficient (Wildman–Crippen LogP) is 4.11. The molecule has 4 rings (SSSR count). The maximum atomic E-state index is 11.9. The van der Waals surface area contributed by atoms with Crippen LogP contribution in [-0.2, 0) is 5.72 Å². The number of methoxy groups -OCH3 is 1. The number of anilines is 1. The van der Waals surface area contributed by atoms with Gasteiger partial charge in [-0.2, -0.15) is 4.90 Å². The van der Waals surface area contributed by atoms with Gasteiger partial charge in [-0.3, -0.25) is 4.58 Å². The molecule has 4 nitrogen and oxygen atoms in total. The fourth-order valence-electron chi connectivity index (χ4n) is 4.11. The number of rotatable bonds is 3. The minimum Gasteiger partial charge on any atom is -0.492 e. The van der Waals surface area contributed by atoms with E-state index in [-0.39, 0.29) is 0 Å². The second kappa shape index (κ2) is 7.05. The first-order valence-corrected chi connectivity index (χ1v) is 9.95. The Morgan fingerprint density at radius 3 is 2.62 bits per heavy atom. The number of halogens is 1. The minimum absolute atomic E-state index is 0.571. The molecule has 0 bridgehead atoms. The van der Waals surface area contributed by atoms with Gasteiger partial charge in [0, 0.05) is 16.5 Å². The molecule has 2 aliphatic heterocycles. The van der Waals surface area contributed by atoms with Crippen LogP contribution in [0.1, 0.15) is 31.2 Å². The van der Waals surface area contributed by atoms with E-state index in [1.165, 1.54) is 18.7 Å². The number of benzene rings is 2. The van der Waals surface area contributed by atoms with Crippen molar-refractivity contribution in [3.05, 3.63) is 58.6 Å². The molecule has 0 spiro atoms. The number of amidine groups is 1. The quantitative estimate of drug-likeness (QED) is 0.766. The molecule has 2 heterocycles. The number of aliphatic hydroxyl groups is 1. The highest BCUT2D eigenvalue weighted by molar-refractivity contribution is 9.10. The standard InChI is InChI=1S/C21H24BrN2O2/c1-26-19-8-5-4-7-18(19)24-20-9-3-2-6-14-23(20)15-21(24,25)16-10-12-17(22)13-11-16/h4-5,7-8,10-13,25H,2-3,6,9,14-15H2,1H3/q+1/t21-/m0/s1. The van der Waals surface area contributed by atoms with E-state index in [1.54, 1.807) is 7.11 Å². The van der Waals surface area contributed by atoms with Crippen LogP contribution in [0.15, 0.2) is 53.0 Å². The third-order valence-electron chi connectivity index (χ3n) is 5.37. The lowest BCUT2D eigenvalue weighted by Gasteiger charge is -2.29. The first-order chi connectivity index (χ1) is 12.6. The molecule has 26 heavy (non-hydrogen) atoms. The maximum Gasteiger partial charge on any atom is 0.275 e. The molecule has 2 aliphatic rings. The van der Waals surface area contributed by atoms with Crippen molar-refractivity contribution in [1.29, 1.82) is 0 Å². The Kier molecular flexibility index (Phi) is 4.76. The van der Waals surface area contributed by atoms with E-state index in [4.69, 9.17) is 4.74 Å². The molecule has 0 saturated heterocycles. The Morgan fingerprint density at radius 1 is 1.08 bits per heavy atom. The summed E-state index contributed by atoms with van der Waals surface area (Å²) in [5, 5.41) is 11.9. The molecule has 1 N–H and O–H groups in total. The van der Waals surface area contributed by atoms with Gasteiger partial charge in [0.1, 0.15) is 0 Å². The molecule has 0 saturated carbocycles. The van der Waals surface area contributed by atoms with Gasteiger partial charge in [-0.25, -0.2) is 0 Å². The number of hydrogen-bond acceptors (Lipinski definition) is 3. The molecular formula is C21H24BrN2O2+. The van der Waals surface area contributed by atoms with Crippen LogP contribution in [0, 0.1) is 0 Å². The lowest BCUT2D eigenvalue weighted by atomic mass is 10.00. The zero-order valence-corrected chi connectivity index (χ0v) is 16.6. The van der Waals surface area contributed by atoms with E-state index in [0.29, 0.717) is 6.54 Å². The summed E-state index contributed by atoms with van der Waals surface area (Å²) in [7, 11) is 1.68. The van der Waals surface area contributed by atoms with Crippen LogP contribution in [-0.4, -0.2) is 35.7 Å². The Balaban J connectivity index is 1.87.